The summed E-state index contributed by atoms with van der Waals surface area (Å²) < 4.78 is 6.34. The molecule has 8 nitrogen and oxygen atoms in total. The standard InChI is InChI=1S/C27H34N4O4/c1-20-24(6-5-23(17-28)25(20)32)31-19-29(26(2,3)18-35-31)15-16-34-27(4)11-7-21(8-12-27)22-9-13-30(33)14-10-22/h5-11,13,32-33H,12,14-16,18-19H2,1-4H3. The van der Waals surface area contributed by atoms with Crippen LogP contribution in [0.4, 0.5) is 5.69 Å². The van der Waals surface area contributed by atoms with Gasteiger partial charge in [0.2, 0.25) is 0 Å². The van der Waals surface area contributed by atoms with E-state index >= 15 is 0 Å². The molecule has 0 aromatic heterocycles. The van der Waals surface area contributed by atoms with E-state index in [2.05, 4.69) is 43.9 Å². The Morgan fingerprint density at radius 3 is 2.60 bits per heavy atom. The largest absolute Gasteiger partial charge is 0.506 e. The summed E-state index contributed by atoms with van der Waals surface area (Å²) in [6.07, 6.45) is 12.7. The molecule has 0 bridgehead atoms. The molecule has 3 aliphatic rings. The fourth-order valence-corrected chi connectivity index (χ4v) is 4.41. The van der Waals surface area contributed by atoms with E-state index in [1.165, 1.54) is 0 Å². The fraction of sp³-hybridized carbons (Fsp3) is 0.444. The third-order valence-electron chi connectivity index (χ3n) is 6.91. The number of nitriles is 1. The molecule has 2 heterocycles. The summed E-state index contributed by atoms with van der Waals surface area (Å²) in [5.41, 5.74) is 3.31. The van der Waals surface area contributed by atoms with E-state index in [9.17, 15) is 10.3 Å². The van der Waals surface area contributed by atoms with Crippen molar-refractivity contribution < 1.29 is 19.9 Å². The number of hydrogen-bond acceptors (Lipinski definition) is 8. The van der Waals surface area contributed by atoms with Gasteiger partial charge in [-0.1, -0.05) is 24.3 Å². The second-order valence-corrected chi connectivity index (χ2v) is 10.0. The highest BCUT2D eigenvalue weighted by atomic mass is 16.7. The number of hydroxylamine groups is 3. The Kier molecular flexibility index (Phi) is 7.06. The Balaban J connectivity index is 1.36. The van der Waals surface area contributed by atoms with Gasteiger partial charge in [0.05, 0.1) is 43.3 Å². The molecule has 1 saturated heterocycles. The van der Waals surface area contributed by atoms with Gasteiger partial charge in [0.15, 0.2) is 0 Å². The molecule has 2 N–H and O–H groups in total. The number of allylic oxidation sites excluding steroid dienone is 4. The third kappa shape index (κ3) is 5.44. The Labute approximate surface area is 207 Å². The molecular formula is C27H34N4O4. The van der Waals surface area contributed by atoms with Crippen LogP contribution >= 0.6 is 0 Å². The molecule has 0 amide bonds. The summed E-state index contributed by atoms with van der Waals surface area (Å²) in [6, 6.07) is 5.44. The van der Waals surface area contributed by atoms with Crippen LogP contribution in [0.3, 0.4) is 0 Å². The lowest BCUT2D eigenvalue weighted by Gasteiger charge is -2.47. The quantitative estimate of drug-likeness (QED) is 0.630. The number of ether oxygens (including phenoxy) is 1. The molecule has 4 rings (SSSR count). The SMILES string of the molecule is Cc1c(N2CN(CCOC3(C)C=CC(C4=CCN(O)C=C4)=CC3)C(C)(C)CO2)ccc(C#N)c1O. The van der Waals surface area contributed by atoms with Gasteiger partial charge in [-0.15, -0.1) is 0 Å². The van der Waals surface area contributed by atoms with Crippen molar-refractivity contribution in [3.63, 3.8) is 0 Å². The second-order valence-electron chi connectivity index (χ2n) is 10.0. The average Bonchev–Trinajstić information content (AvgIpc) is 2.83. The molecule has 35 heavy (non-hydrogen) atoms. The monoisotopic (exact) mass is 478 g/mol. The van der Waals surface area contributed by atoms with E-state index in [0.717, 1.165) is 28.3 Å². The summed E-state index contributed by atoms with van der Waals surface area (Å²) in [7, 11) is 0. The Morgan fingerprint density at radius 2 is 1.94 bits per heavy atom. The summed E-state index contributed by atoms with van der Waals surface area (Å²) in [6.45, 7) is 10.9. The van der Waals surface area contributed by atoms with Crippen LogP contribution in [0.5, 0.6) is 5.75 Å². The highest BCUT2D eigenvalue weighted by Gasteiger charge is 2.35. The molecule has 2 aliphatic heterocycles. The summed E-state index contributed by atoms with van der Waals surface area (Å²) in [4.78, 5) is 8.33. The first kappa shape index (κ1) is 25.0. The molecule has 0 spiro atoms. The molecule has 0 radical (unpaired) electrons. The van der Waals surface area contributed by atoms with Gasteiger partial charge < -0.3 is 9.84 Å². The van der Waals surface area contributed by atoms with Crippen molar-refractivity contribution in [1.29, 1.82) is 5.26 Å². The molecular weight excluding hydrogens is 444 g/mol. The second kappa shape index (κ2) is 9.88. The maximum atomic E-state index is 10.3. The van der Waals surface area contributed by atoms with E-state index in [4.69, 9.17) is 14.8 Å². The van der Waals surface area contributed by atoms with Gasteiger partial charge in [0.1, 0.15) is 11.8 Å². The number of phenolic OH excluding ortho intramolecular Hbond substituents is 1. The van der Waals surface area contributed by atoms with Crippen LogP contribution in [0.15, 0.2) is 59.9 Å². The number of aromatic hydroxyl groups is 1. The van der Waals surface area contributed by atoms with Gasteiger partial charge in [0.25, 0.3) is 0 Å². The zero-order valence-corrected chi connectivity index (χ0v) is 20.9. The summed E-state index contributed by atoms with van der Waals surface area (Å²) >= 11 is 0. The van der Waals surface area contributed by atoms with Crippen molar-refractivity contribution >= 4 is 5.69 Å². The lowest BCUT2D eigenvalue weighted by Crippen LogP contribution is -2.59. The van der Waals surface area contributed by atoms with Gasteiger partial charge in [0, 0.05) is 23.8 Å². The van der Waals surface area contributed by atoms with E-state index in [1.807, 2.05) is 24.3 Å². The lowest BCUT2D eigenvalue weighted by atomic mass is 9.90. The van der Waals surface area contributed by atoms with Crippen LogP contribution in [0, 0.1) is 18.3 Å². The molecule has 1 fully saturated rings. The minimum atomic E-state index is -0.378. The number of nitrogens with zero attached hydrogens (tertiary/aromatic N) is 4. The number of hydrogen-bond donors (Lipinski definition) is 2. The molecule has 8 heteroatoms. The molecule has 1 aromatic rings. The van der Waals surface area contributed by atoms with E-state index in [-0.39, 0.29) is 22.5 Å². The minimum absolute atomic E-state index is 0.00841. The molecule has 1 aromatic carbocycles. The van der Waals surface area contributed by atoms with Gasteiger partial charge in [-0.2, -0.15) is 5.26 Å². The maximum absolute atomic E-state index is 10.3. The van der Waals surface area contributed by atoms with Gasteiger partial charge >= 0.3 is 0 Å². The summed E-state index contributed by atoms with van der Waals surface area (Å²) in [5.74, 6) is -0.00841. The van der Waals surface area contributed by atoms with Gasteiger partial charge in [-0.05, 0) is 63.5 Å². The predicted molar refractivity (Wildman–Crippen MR) is 134 cm³/mol. The predicted octanol–water partition coefficient (Wildman–Crippen LogP) is 4.17. The van der Waals surface area contributed by atoms with Crippen LogP contribution in [0.1, 0.15) is 38.3 Å². The van der Waals surface area contributed by atoms with E-state index in [0.29, 0.717) is 38.5 Å². The Morgan fingerprint density at radius 1 is 1.17 bits per heavy atom. The molecule has 1 aliphatic carbocycles. The van der Waals surface area contributed by atoms with Crippen molar-refractivity contribution in [3.05, 3.63) is 71.0 Å². The zero-order chi connectivity index (χ0) is 25.2. The highest BCUT2D eigenvalue weighted by Crippen LogP contribution is 2.34. The number of benzene rings is 1. The van der Waals surface area contributed by atoms with Crippen LogP contribution in [-0.2, 0) is 9.57 Å². The Bertz CT molecular complexity index is 1130. The first-order chi connectivity index (χ1) is 16.6. The molecule has 1 unspecified atom stereocenters. The van der Waals surface area contributed by atoms with Crippen LogP contribution in [0.25, 0.3) is 0 Å². The van der Waals surface area contributed by atoms with Crippen molar-refractivity contribution in [2.45, 2.75) is 45.3 Å². The zero-order valence-electron chi connectivity index (χ0n) is 20.9. The average molecular weight is 479 g/mol. The van der Waals surface area contributed by atoms with Crippen molar-refractivity contribution in [1.82, 2.24) is 9.96 Å². The van der Waals surface area contributed by atoms with Crippen LogP contribution in [0.2, 0.25) is 0 Å². The maximum Gasteiger partial charge on any atom is 0.138 e. The normalized spacial score (nSPS) is 24.2. The third-order valence-corrected chi connectivity index (χ3v) is 6.91. The first-order valence-electron chi connectivity index (χ1n) is 11.9. The van der Waals surface area contributed by atoms with Gasteiger partial charge in [-0.3, -0.25) is 20.0 Å². The Hall–Kier alpha value is -3.09. The van der Waals surface area contributed by atoms with Crippen LogP contribution in [-0.4, -0.2) is 64.4 Å². The topological polar surface area (TPSA) is 92.4 Å². The van der Waals surface area contributed by atoms with Crippen molar-refractivity contribution in [2.75, 3.05) is 38.0 Å². The molecule has 186 valence electrons. The summed E-state index contributed by atoms with van der Waals surface area (Å²) in [5, 5.41) is 31.9. The smallest absolute Gasteiger partial charge is 0.138 e. The van der Waals surface area contributed by atoms with E-state index in [1.54, 1.807) is 24.3 Å². The van der Waals surface area contributed by atoms with Crippen LogP contribution < -0.4 is 5.06 Å². The van der Waals surface area contributed by atoms with Gasteiger partial charge in [-0.25, -0.2) is 5.06 Å². The number of rotatable bonds is 6. The van der Waals surface area contributed by atoms with E-state index < -0.39 is 0 Å². The van der Waals surface area contributed by atoms with Crippen molar-refractivity contribution in [2.24, 2.45) is 0 Å². The number of phenols is 1. The highest BCUT2D eigenvalue weighted by molar-refractivity contribution is 5.62. The molecule has 1 atom stereocenters. The molecule has 0 saturated carbocycles. The fourth-order valence-electron chi connectivity index (χ4n) is 4.41. The first-order valence-corrected chi connectivity index (χ1v) is 11.9. The van der Waals surface area contributed by atoms with Crippen molar-refractivity contribution in [3.8, 4) is 11.8 Å². The lowest BCUT2D eigenvalue weighted by molar-refractivity contribution is -0.0869. The number of anilines is 1. The minimum Gasteiger partial charge on any atom is -0.506 e.